The van der Waals surface area contributed by atoms with Gasteiger partial charge in [0.25, 0.3) is 0 Å². The number of ether oxygens (including phenoxy) is 1. The first-order chi connectivity index (χ1) is 9.78. The number of fused-ring (bicyclic) bond motifs is 1. The predicted octanol–water partition coefficient (Wildman–Crippen LogP) is 4.37. The summed E-state index contributed by atoms with van der Waals surface area (Å²) < 4.78 is 6.32. The topological polar surface area (TPSA) is 35.2 Å². The van der Waals surface area contributed by atoms with E-state index in [2.05, 4.69) is 25.1 Å². The van der Waals surface area contributed by atoms with Crippen molar-refractivity contribution < 1.29 is 4.74 Å². The van der Waals surface area contributed by atoms with Gasteiger partial charge in [-0.25, -0.2) is 0 Å². The predicted molar refractivity (Wildman–Crippen MR) is 83.0 cm³/mol. The molecule has 2 nitrogen and oxygen atoms in total. The van der Waals surface area contributed by atoms with Gasteiger partial charge >= 0.3 is 0 Å². The summed E-state index contributed by atoms with van der Waals surface area (Å²) in [6.45, 7) is 2.29. The van der Waals surface area contributed by atoms with Crippen LogP contribution in [0.5, 0.6) is 5.75 Å². The van der Waals surface area contributed by atoms with Crippen molar-refractivity contribution in [3.8, 4) is 5.75 Å². The third-order valence-corrected chi connectivity index (χ3v) is 5.13. The fraction of sp³-hybridized carbons (Fsp3) is 0.667. The van der Waals surface area contributed by atoms with E-state index in [9.17, 15) is 0 Å². The molecule has 3 unspecified atom stereocenters. The van der Waals surface area contributed by atoms with Crippen LogP contribution in [0.3, 0.4) is 0 Å². The van der Waals surface area contributed by atoms with Crippen LogP contribution < -0.4 is 10.5 Å². The minimum atomic E-state index is 0.228. The maximum Gasteiger partial charge on any atom is 0.120 e. The molecule has 20 heavy (non-hydrogen) atoms. The summed E-state index contributed by atoms with van der Waals surface area (Å²) in [6.07, 6.45) is 10.4. The first-order valence-electron chi connectivity index (χ1n) is 8.33. The van der Waals surface area contributed by atoms with Gasteiger partial charge in [-0.05, 0) is 74.1 Å². The van der Waals surface area contributed by atoms with E-state index < -0.39 is 0 Å². The third-order valence-electron chi connectivity index (χ3n) is 5.13. The maximum absolute atomic E-state index is 6.32. The highest BCUT2D eigenvalue weighted by molar-refractivity contribution is 5.39. The van der Waals surface area contributed by atoms with E-state index >= 15 is 0 Å². The molecule has 3 rings (SSSR count). The monoisotopic (exact) mass is 273 g/mol. The highest BCUT2D eigenvalue weighted by Gasteiger charge is 2.25. The smallest absolute Gasteiger partial charge is 0.120 e. The summed E-state index contributed by atoms with van der Waals surface area (Å²) >= 11 is 0. The molecule has 0 amide bonds. The molecule has 0 saturated heterocycles. The number of aryl methyl sites for hydroxylation is 1. The quantitative estimate of drug-likeness (QED) is 0.887. The van der Waals surface area contributed by atoms with Crippen molar-refractivity contribution in [2.75, 3.05) is 0 Å². The molecule has 2 heteroatoms. The van der Waals surface area contributed by atoms with E-state index in [1.165, 1.54) is 49.7 Å². The van der Waals surface area contributed by atoms with Crippen LogP contribution in [0, 0.1) is 5.92 Å². The number of nitrogens with two attached hydrogens (primary N) is 1. The molecule has 2 aliphatic carbocycles. The number of rotatable bonds is 3. The van der Waals surface area contributed by atoms with E-state index in [0.29, 0.717) is 6.10 Å². The second kappa shape index (κ2) is 6.17. The van der Waals surface area contributed by atoms with Crippen molar-refractivity contribution in [3.63, 3.8) is 0 Å². The van der Waals surface area contributed by atoms with Crippen LogP contribution in [0.1, 0.15) is 69.0 Å². The van der Waals surface area contributed by atoms with Crippen LogP contribution in [-0.4, -0.2) is 6.10 Å². The summed E-state index contributed by atoms with van der Waals surface area (Å²) in [5.41, 5.74) is 8.92. The molecule has 0 bridgehead atoms. The van der Waals surface area contributed by atoms with Gasteiger partial charge in [-0.2, -0.15) is 0 Å². The number of hydrogen-bond donors (Lipinski definition) is 1. The summed E-state index contributed by atoms with van der Waals surface area (Å²) in [6, 6.07) is 6.80. The largest absolute Gasteiger partial charge is 0.490 e. The molecule has 0 spiro atoms. The number of benzene rings is 1. The van der Waals surface area contributed by atoms with Crippen LogP contribution in [0.25, 0.3) is 0 Å². The van der Waals surface area contributed by atoms with Crippen molar-refractivity contribution >= 4 is 0 Å². The van der Waals surface area contributed by atoms with E-state index in [1.54, 1.807) is 0 Å². The van der Waals surface area contributed by atoms with Gasteiger partial charge in [0.2, 0.25) is 0 Å². The fourth-order valence-corrected chi connectivity index (χ4v) is 3.87. The Morgan fingerprint density at radius 1 is 1.15 bits per heavy atom. The van der Waals surface area contributed by atoms with Crippen molar-refractivity contribution in [1.82, 2.24) is 0 Å². The van der Waals surface area contributed by atoms with Gasteiger partial charge in [0, 0.05) is 6.04 Å². The summed E-state index contributed by atoms with van der Waals surface area (Å²) in [7, 11) is 0. The van der Waals surface area contributed by atoms with E-state index in [-0.39, 0.29) is 6.04 Å². The lowest BCUT2D eigenvalue weighted by molar-refractivity contribution is 0.0902. The molecule has 0 aromatic heterocycles. The molecule has 1 aromatic rings. The van der Waals surface area contributed by atoms with E-state index in [4.69, 9.17) is 10.5 Å². The van der Waals surface area contributed by atoms with E-state index in [0.717, 1.165) is 24.5 Å². The second-order valence-electron chi connectivity index (χ2n) is 6.47. The zero-order valence-corrected chi connectivity index (χ0v) is 12.6. The van der Waals surface area contributed by atoms with Gasteiger partial charge in [-0.15, -0.1) is 0 Å². The molecular formula is C18H27NO. The summed E-state index contributed by atoms with van der Waals surface area (Å²) in [5, 5.41) is 0. The third kappa shape index (κ3) is 2.85. The van der Waals surface area contributed by atoms with Crippen LogP contribution in [0.2, 0.25) is 0 Å². The normalized spacial score (nSPS) is 29.8. The first kappa shape index (κ1) is 13.9. The molecule has 0 aliphatic heterocycles. The molecule has 0 heterocycles. The minimum absolute atomic E-state index is 0.228. The zero-order chi connectivity index (χ0) is 13.9. The first-order valence-corrected chi connectivity index (χ1v) is 8.33. The molecule has 2 aliphatic rings. The van der Waals surface area contributed by atoms with Crippen LogP contribution in [-0.2, 0) is 6.42 Å². The SMILES string of the molecule is CCC1CCCCC1Oc1ccc2c(c1)CCCC2N. The molecule has 110 valence electrons. The maximum atomic E-state index is 6.32. The lowest BCUT2D eigenvalue weighted by Crippen LogP contribution is -2.30. The van der Waals surface area contributed by atoms with Crippen LogP contribution in [0.4, 0.5) is 0 Å². The highest BCUT2D eigenvalue weighted by atomic mass is 16.5. The summed E-state index contributed by atoms with van der Waals surface area (Å²) in [5.74, 6) is 1.80. The van der Waals surface area contributed by atoms with Gasteiger partial charge in [0.15, 0.2) is 0 Å². The summed E-state index contributed by atoms with van der Waals surface area (Å²) in [4.78, 5) is 0. The molecule has 3 atom stereocenters. The Labute approximate surface area is 122 Å². The molecule has 1 aromatic carbocycles. The van der Waals surface area contributed by atoms with Crippen LogP contribution in [0.15, 0.2) is 18.2 Å². The standard InChI is InChI=1S/C18H27NO/c1-2-13-6-3-4-9-18(13)20-15-10-11-16-14(12-15)7-5-8-17(16)19/h10-13,17-18H,2-9,19H2,1H3. The minimum Gasteiger partial charge on any atom is -0.490 e. The second-order valence-corrected chi connectivity index (χ2v) is 6.47. The average molecular weight is 273 g/mol. The number of hydrogen-bond acceptors (Lipinski definition) is 2. The lowest BCUT2D eigenvalue weighted by Gasteiger charge is -2.32. The van der Waals surface area contributed by atoms with Crippen molar-refractivity contribution in [3.05, 3.63) is 29.3 Å². The van der Waals surface area contributed by atoms with Gasteiger partial charge < -0.3 is 10.5 Å². The Balaban J connectivity index is 1.74. The van der Waals surface area contributed by atoms with Gasteiger partial charge in [0.05, 0.1) is 0 Å². The molecular weight excluding hydrogens is 246 g/mol. The highest BCUT2D eigenvalue weighted by Crippen LogP contribution is 2.34. The molecule has 1 saturated carbocycles. The lowest BCUT2D eigenvalue weighted by atomic mass is 9.84. The van der Waals surface area contributed by atoms with Crippen molar-refractivity contribution in [1.29, 1.82) is 0 Å². The Bertz CT molecular complexity index is 457. The Morgan fingerprint density at radius 2 is 2.00 bits per heavy atom. The molecule has 1 fully saturated rings. The van der Waals surface area contributed by atoms with Gasteiger partial charge in [-0.3, -0.25) is 0 Å². The van der Waals surface area contributed by atoms with E-state index in [1.807, 2.05) is 0 Å². The van der Waals surface area contributed by atoms with Crippen LogP contribution >= 0.6 is 0 Å². The van der Waals surface area contributed by atoms with Crippen molar-refractivity contribution in [2.45, 2.75) is 70.4 Å². The van der Waals surface area contributed by atoms with Crippen molar-refractivity contribution in [2.24, 2.45) is 11.7 Å². The fourth-order valence-electron chi connectivity index (χ4n) is 3.87. The van der Waals surface area contributed by atoms with Gasteiger partial charge in [0.1, 0.15) is 11.9 Å². The molecule has 2 N–H and O–H groups in total. The Kier molecular flexibility index (Phi) is 4.30. The Hall–Kier alpha value is -1.02. The Morgan fingerprint density at radius 3 is 2.85 bits per heavy atom. The van der Waals surface area contributed by atoms with Gasteiger partial charge in [-0.1, -0.05) is 19.4 Å². The molecule has 0 radical (unpaired) electrons. The average Bonchev–Trinajstić information content (AvgIpc) is 2.48. The zero-order valence-electron chi connectivity index (χ0n) is 12.6.